The van der Waals surface area contributed by atoms with Gasteiger partial charge in [0, 0.05) is 0 Å². The SMILES string of the molecule is CCOC(=O)c1cnn2cc(Br)nc2c1O. The van der Waals surface area contributed by atoms with Crippen LogP contribution in [0.4, 0.5) is 0 Å². The molecule has 84 valence electrons. The first-order valence-corrected chi connectivity index (χ1v) is 5.32. The highest BCUT2D eigenvalue weighted by atomic mass is 79.9. The molecule has 16 heavy (non-hydrogen) atoms. The Hall–Kier alpha value is -1.63. The summed E-state index contributed by atoms with van der Waals surface area (Å²) in [5, 5.41) is 13.7. The summed E-state index contributed by atoms with van der Waals surface area (Å²) < 4.78 is 6.66. The van der Waals surface area contributed by atoms with Crippen molar-refractivity contribution >= 4 is 27.5 Å². The molecular weight excluding hydrogens is 278 g/mol. The van der Waals surface area contributed by atoms with Gasteiger partial charge in [0.25, 0.3) is 0 Å². The van der Waals surface area contributed by atoms with Crippen LogP contribution >= 0.6 is 15.9 Å². The molecule has 0 amide bonds. The molecule has 0 aliphatic rings. The standard InChI is InChI=1S/C9H8BrN3O3/c1-2-16-9(15)5-3-11-13-4-6(10)12-8(13)7(5)14/h3-4,14H,2H2,1H3. The van der Waals surface area contributed by atoms with Gasteiger partial charge >= 0.3 is 5.97 Å². The molecule has 0 radical (unpaired) electrons. The molecule has 2 heterocycles. The van der Waals surface area contributed by atoms with Gasteiger partial charge in [0.1, 0.15) is 10.2 Å². The van der Waals surface area contributed by atoms with Gasteiger partial charge in [-0.3, -0.25) is 0 Å². The molecule has 1 N–H and O–H groups in total. The molecule has 7 heteroatoms. The van der Waals surface area contributed by atoms with Crippen LogP contribution < -0.4 is 0 Å². The minimum Gasteiger partial charge on any atom is -0.504 e. The molecule has 2 aromatic rings. The van der Waals surface area contributed by atoms with E-state index in [0.29, 0.717) is 4.60 Å². The van der Waals surface area contributed by atoms with Crippen molar-refractivity contribution in [1.82, 2.24) is 14.6 Å². The number of halogens is 1. The highest BCUT2D eigenvalue weighted by Gasteiger charge is 2.17. The summed E-state index contributed by atoms with van der Waals surface area (Å²) in [7, 11) is 0. The fourth-order valence-electron chi connectivity index (χ4n) is 1.25. The van der Waals surface area contributed by atoms with Crippen molar-refractivity contribution in [2.75, 3.05) is 6.61 Å². The lowest BCUT2D eigenvalue weighted by Crippen LogP contribution is -2.07. The number of aromatic nitrogens is 3. The van der Waals surface area contributed by atoms with Gasteiger partial charge in [-0.1, -0.05) is 0 Å². The largest absolute Gasteiger partial charge is 0.504 e. The van der Waals surface area contributed by atoms with Crippen LogP contribution in [0.1, 0.15) is 17.3 Å². The summed E-state index contributed by atoms with van der Waals surface area (Å²) >= 11 is 3.15. The van der Waals surface area contributed by atoms with Crippen LogP contribution in [0.5, 0.6) is 5.75 Å². The van der Waals surface area contributed by atoms with Crippen molar-refractivity contribution in [2.24, 2.45) is 0 Å². The molecule has 2 rings (SSSR count). The van der Waals surface area contributed by atoms with Gasteiger partial charge in [-0.15, -0.1) is 0 Å². The number of hydrogen-bond donors (Lipinski definition) is 1. The number of carbonyl (C=O) groups excluding carboxylic acids is 1. The van der Waals surface area contributed by atoms with E-state index in [2.05, 4.69) is 26.0 Å². The molecule has 0 unspecified atom stereocenters. The van der Waals surface area contributed by atoms with Crippen LogP contribution in [-0.4, -0.2) is 32.3 Å². The van der Waals surface area contributed by atoms with Crippen molar-refractivity contribution in [1.29, 1.82) is 0 Å². The van der Waals surface area contributed by atoms with Crippen molar-refractivity contribution < 1.29 is 14.6 Å². The Morgan fingerprint density at radius 3 is 3.12 bits per heavy atom. The molecular formula is C9H8BrN3O3. The topological polar surface area (TPSA) is 76.7 Å². The normalized spacial score (nSPS) is 10.6. The Morgan fingerprint density at radius 1 is 1.69 bits per heavy atom. The minimum absolute atomic E-state index is 0.00690. The van der Waals surface area contributed by atoms with Crippen LogP contribution in [0.3, 0.4) is 0 Å². The summed E-state index contributed by atoms with van der Waals surface area (Å²) in [6, 6.07) is 0. The Morgan fingerprint density at radius 2 is 2.44 bits per heavy atom. The number of fused-ring (bicyclic) bond motifs is 1. The Labute approximate surface area is 99.0 Å². The molecule has 6 nitrogen and oxygen atoms in total. The Bertz CT molecular complexity index is 552. The Kier molecular flexibility index (Phi) is 2.78. The number of ether oxygens (including phenoxy) is 1. The number of imidazole rings is 1. The molecule has 0 spiro atoms. The highest BCUT2D eigenvalue weighted by molar-refractivity contribution is 9.10. The second kappa shape index (κ2) is 4.09. The van der Waals surface area contributed by atoms with E-state index in [4.69, 9.17) is 4.74 Å². The fourth-order valence-corrected chi connectivity index (χ4v) is 1.61. The first-order chi connectivity index (χ1) is 7.63. The molecule has 0 fully saturated rings. The van der Waals surface area contributed by atoms with Crippen LogP contribution in [-0.2, 0) is 4.74 Å². The lowest BCUT2D eigenvalue weighted by molar-refractivity contribution is 0.0522. The first-order valence-electron chi connectivity index (χ1n) is 4.53. The molecule has 0 bridgehead atoms. The molecule has 0 aliphatic carbocycles. The van der Waals surface area contributed by atoms with Gasteiger partial charge in [-0.05, 0) is 22.9 Å². The average molecular weight is 286 g/mol. The van der Waals surface area contributed by atoms with Gasteiger partial charge in [0.2, 0.25) is 0 Å². The van der Waals surface area contributed by atoms with E-state index in [1.165, 1.54) is 10.7 Å². The Balaban J connectivity index is 2.55. The fraction of sp³-hybridized carbons (Fsp3) is 0.222. The molecule has 0 atom stereocenters. The third kappa shape index (κ3) is 1.73. The van der Waals surface area contributed by atoms with Crippen molar-refractivity contribution in [3.8, 4) is 5.75 Å². The predicted octanol–water partition coefficient (Wildman–Crippen LogP) is 1.37. The number of carbonyl (C=O) groups is 1. The number of aromatic hydroxyl groups is 1. The molecule has 0 aromatic carbocycles. The summed E-state index contributed by atoms with van der Waals surface area (Å²) in [6.07, 6.45) is 2.82. The lowest BCUT2D eigenvalue weighted by atomic mass is 10.3. The van der Waals surface area contributed by atoms with Crippen molar-refractivity contribution in [2.45, 2.75) is 6.92 Å². The average Bonchev–Trinajstić information content (AvgIpc) is 2.60. The highest BCUT2D eigenvalue weighted by Crippen LogP contribution is 2.23. The molecule has 0 saturated heterocycles. The molecule has 0 saturated carbocycles. The number of nitrogens with zero attached hydrogens (tertiary/aromatic N) is 3. The third-order valence-electron chi connectivity index (χ3n) is 1.93. The van der Waals surface area contributed by atoms with Crippen molar-refractivity contribution in [3.05, 3.63) is 22.6 Å². The zero-order chi connectivity index (χ0) is 11.7. The van der Waals surface area contributed by atoms with Crippen LogP contribution in [0, 0.1) is 0 Å². The predicted molar refractivity (Wildman–Crippen MR) is 58.3 cm³/mol. The summed E-state index contributed by atoms with van der Waals surface area (Å²) in [5.41, 5.74) is 0.213. The van der Waals surface area contributed by atoms with E-state index in [9.17, 15) is 9.90 Å². The maximum atomic E-state index is 11.4. The number of rotatable bonds is 2. The maximum Gasteiger partial charge on any atom is 0.343 e. The monoisotopic (exact) mass is 285 g/mol. The summed E-state index contributed by atoms with van der Waals surface area (Å²) in [4.78, 5) is 15.4. The molecule has 2 aromatic heterocycles. The van der Waals surface area contributed by atoms with Crippen molar-refractivity contribution in [3.63, 3.8) is 0 Å². The zero-order valence-electron chi connectivity index (χ0n) is 8.35. The van der Waals surface area contributed by atoms with Gasteiger partial charge in [0.05, 0.1) is 19.0 Å². The summed E-state index contributed by atoms with van der Waals surface area (Å²) in [5.74, 6) is -0.853. The minimum atomic E-state index is -0.617. The van der Waals surface area contributed by atoms with Gasteiger partial charge in [-0.2, -0.15) is 5.10 Å². The second-order valence-corrected chi connectivity index (χ2v) is 3.77. The van der Waals surface area contributed by atoms with E-state index < -0.39 is 5.97 Å². The van der Waals surface area contributed by atoms with E-state index in [0.717, 1.165) is 0 Å². The smallest absolute Gasteiger partial charge is 0.343 e. The lowest BCUT2D eigenvalue weighted by Gasteiger charge is -2.03. The summed E-state index contributed by atoms with van der Waals surface area (Å²) in [6.45, 7) is 1.93. The third-order valence-corrected chi connectivity index (χ3v) is 2.31. The van der Waals surface area contributed by atoms with Crippen LogP contribution in [0.2, 0.25) is 0 Å². The maximum absolute atomic E-state index is 11.4. The van der Waals surface area contributed by atoms with Gasteiger partial charge in [-0.25, -0.2) is 14.3 Å². The molecule has 0 aliphatic heterocycles. The number of esters is 1. The van der Waals surface area contributed by atoms with Crippen LogP contribution in [0.15, 0.2) is 17.0 Å². The van der Waals surface area contributed by atoms with E-state index in [-0.39, 0.29) is 23.6 Å². The van der Waals surface area contributed by atoms with Crippen LogP contribution in [0.25, 0.3) is 5.65 Å². The second-order valence-electron chi connectivity index (χ2n) is 2.96. The quantitative estimate of drug-likeness (QED) is 0.844. The number of hydrogen-bond acceptors (Lipinski definition) is 5. The van der Waals surface area contributed by atoms with Gasteiger partial charge < -0.3 is 9.84 Å². The van der Waals surface area contributed by atoms with E-state index in [1.54, 1.807) is 13.1 Å². The van der Waals surface area contributed by atoms with E-state index in [1.807, 2.05) is 0 Å². The zero-order valence-corrected chi connectivity index (χ0v) is 9.93. The van der Waals surface area contributed by atoms with E-state index >= 15 is 0 Å². The first kappa shape index (κ1) is 10.9. The van der Waals surface area contributed by atoms with Gasteiger partial charge in [0.15, 0.2) is 11.4 Å².